The van der Waals surface area contributed by atoms with E-state index in [-0.39, 0.29) is 17.0 Å². The standard InChI is InChI=1S/C23H17F2N3O2/c1-26-17-7-8-18-19(12-17)28-23(27-18)20(21(29)13-5-3-2-4-6-13)22(30)14-9-15(24)11-16(25)10-14/h2-12,26,30H,1H3,(H,27,28). The summed E-state index contributed by atoms with van der Waals surface area (Å²) < 4.78 is 27.5. The van der Waals surface area contributed by atoms with Gasteiger partial charge in [0.2, 0.25) is 5.78 Å². The number of carbonyl (C=O) groups is 1. The van der Waals surface area contributed by atoms with Crippen molar-refractivity contribution in [2.45, 2.75) is 0 Å². The lowest BCUT2D eigenvalue weighted by Gasteiger charge is -2.09. The number of rotatable bonds is 5. The minimum atomic E-state index is -0.869. The molecular formula is C23H17F2N3O2. The molecule has 1 heterocycles. The summed E-state index contributed by atoms with van der Waals surface area (Å²) in [7, 11) is 1.77. The molecule has 0 bridgehead atoms. The third-order valence-electron chi connectivity index (χ3n) is 4.64. The first kappa shape index (κ1) is 19.3. The molecule has 0 atom stereocenters. The van der Waals surface area contributed by atoms with Gasteiger partial charge in [0.05, 0.1) is 11.0 Å². The molecule has 0 spiro atoms. The number of hydrogen-bond acceptors (Lipinski definition) is 4. The van der Waals surface area contributed by atoms with Crippen LogP contribution in [0.3, 0.4) is 0 Å². The van der Waals surface area contributed by atoms with E-state index in [0.29, 0.717) is 22.7 Å². The summed E-state index contributed by atoms with van der Waals surface area (Å²) in [5, 5.41) is 13.9. The Morgan fingerprint density at radius 1 is 0.967 bits per heavy atom. The zero-order valence-corrected chi connectivity index (χ0v) is 15.9. The average Bonchev–Trinajstić information content (AvgIpc) is 3.16. The number of fused-ring (bicyclic) bond motifs is 1. The second kappa shape index (κ2) is 7.79. The van der Waals surface area contributed by atoms with Crippen molar-refractivity contribution in [3.05, 3.63) is 95.3 Å². The maximum Gasteiger partial charge on any atom is 0.200 e. The highest BCUT2D eigenvalue weighted by atomic mass is 19.1. The number of benzene rings is 3. The lowest BCUT2D eigenvalue weighted by atomic mass is 9.98. The van der Waals surface area contributed by atoms with E-state index in [0.717, 1.165) is 17.8 Å². The molecule has 7 heteroatoms. The van der Waals surface area contributed by atoms with Crippen LogP contribution in [-0.2, 0) is 0 Å². The number of aromatic amines is 1. The van der Waals surface area contributed by atoms with Crippen molar-refractivity contribution in [1.82, 2.24) is 9.97 Å². The molecule has 4 rings (SSSR count). The van der Waals surface area contributed by atoms with E-state index in [2.05, 4.69) is 15.3 Å². The summed E-state index contributed by atoms with van der Waals surface area (Å²) in [6, 6.07) is 16.3. The van der Waals surface area contributed by atoms with E-state index in [1.807, 2.05) is 6.07 Å². The number of aliphatic hydroxyl groups is 1. The average molecular weight is 405 g/mol. The number of aliphatic hydroxyl groups excluding tert-OH is 1. The van der Waals surface area contributed by atoms with Crippen LogP contribution < -0.4 is 5.32 Å². The molecule has 0 fully saturated rings. The first-order chi connectivity index (χ1) is 14.5. The molecule has 0 saturated carbocycles. The van der Waals surface area contributed by atoms with Gasteiger partial charge in [-0.05, 0) is 30.3 Å². The molecule has 0 radical (unpaired) electrons. The highest BCUT2D eigenvalue weighted by Gasteiger charge is 2.24. The Kier molecular flexibility index (Phi) is 5.02. The van der Waals surface area contributed by atoms with Crippen molar-refractivity contribution < 1.29 is 18.7 Å². The van der Waals surface area contributed by atoms with Crippen molar-refractivity contribution in [1.29, 1.82) is 0 Å². The molecule has 0 aliphatic carbocycles. The van der Waals surface area contributed by atoms with Crippen molar-refractivity contribution in [2.24, 2.45) is 0 Å². The fourth-order valence-corrected chi connectivity index (χ4v) is 3.18. The smallest absolute Gasteiger partial charge is 0.200 e. The van der Waals surface area contributed by atoms with Crippen molar-refractivity contribution in [2.75, 3.05) is 12.4 Å². The monoisotopic (exact) mass is 405 g/mol. The summed E-state index contributed by atoms with van der Waals surface area (Å²) in [5.41, 5.74) is 1.98. The Balaban J connectivity index is 1.95. The number of anilines is 1. The third kappa shape index (κ3) is 3.65. The van der Waals surface area contributed by atoms with Crippen LogP contribution in [0.2, 0.25) is 0 Å². The Morgan fingerprint density at radius 2 is 1.67 bits per heavy atom. The number of imidazole rings is 1. The quantitative estimate of drug-likeness (QED) is 0.243. The minimum absolute atomic E-state index is 0.0919. The van der Waals surface area contributed by atoms with Crippen molar-refractivity contribution in [3.63, 3.8) is 0 Å². The summed E-state index contributed by atoms with van der Waals surface area (Å²) in [4.78, 5) is 20.7. The van der Waals surface area contributed by atoms with Gasteiger partial charge in [-0.15, -0.1) is 0 Å². The van der Waals surface area contributed by atoms with Crippen LogP contribution in [0.4, 0.5) is 14.5 Å². The molecule has 0 aliphatic rings. The number of H-pyrrole nitrogens is 1. The van der Waals surface area contributed by atoms with Crippen LogP contribution in [-0.4, -0.2) is 27.9 Å². The molecule has 0 unspecified atom stereocenters. The number of aromatic nitrogens is 2. The van der Waals surface area contributed by atoms with Gasteiger partial charge in [0.25, 0.3) is 0 Å². The maximum atomic E-state index is 13.7. The van der Waals surface area contributed by atoms with Crippen LogP contribution in [0.1, 0.15) is 21.7 Å². The number of allylic oxidation sites excluding steroid dienone is 1. The number of halogens is 2. The van der Waals surface area contributed by atoms with Crippen molar-refractivity contribution in [3.8, 4) is 0 Å². The van der Waals surface area contributed by atoms with E-state index >= 15 is 0 Å². The van der Waals surface area contributed by atoms with E-state index in [9.17, 15) is 18.7 Å². The molecule has 3 N–H and O–H groups in total. The zero-order chi connectivity index (χ0) is 21.3. The molecule has 0 amide bonds. The first-order valence-electron chi connectivity index (χ1n) is 9.13. The van der Waals surface area contributed by atoms with Gasteiger partial charge in [0.15, 0.2) is 0 Å². The van der Waals surface area contributed by atoms with Gasteiger partial charge < -0.3 is 15.4 Å². The predicted molar refractivity (Wildman–Crippen MR) is 112 cm³/mol. The largest absolute Gasteiger partial charge is 0.506 e. The molecule has 0 aliphatic heterocycles. The van der Waals surface area contributed by atoms with Gasteiger partial charge >= 0.3 is 0 Å². The van der Waals surface area contributed by atoms with Crippen LogP contribution in [0.5, 0.6) is 0 Å². The van der Waals surface area contributed by atoms with Gasteiger partial charge in [-0.1, -0.05) is 30.3 Å². The lowest BCUT2D eigenvalue weighted by Crippen LogP contribution is -2.07. The lowest BCUT2D eigenvalue weighted by molar-refractivity contribution is 0.105. The molecule has 5 nitrogen and oxygen atoms in total. The summed E-state index contributed by atoms with van der Waals surface area (Å²) in [6.07, 6.45) is 0. The summed E-state index contributed by atoms with van der Waals surface area (Å²) in [6.45, 7) is 0. The second-order valence-corrected chi connectivity index (χ2v) is 6.64. The van der Waals surface area contributed by atoms with Crippen LogP contribution in [0.15, 0.2) is 66.7 Å². The third-order valence-corrected chi connectivity index (χ3v) is 4.64. The van der Waals surface area contributed by atoms with E-state index in [4.69, 9.17) is 0 Å². The van der Waals surface area contributed by atoms with E-state index in [1.54, 1.807) is 49.5 Å². The van der Waals surface area contributed by atoms with E-state index < -0.39 is 23.2 Å². The normalized spacial score (nSPS) is 12.0. The number of ketones is 1. The molecule has 1 aromatic heterocycles. The molecule has 30 heavy (non-hydrogen) atoms. The molecule has 150 valence electrons. The van der Waals surface area contributed by atoms with Gasteiger partial charge in [-0.3, -0.25) is 4.79 Å². The number of hydrogen-bond donors (Lipinski definition) is 3. The van der Waals surface area contributed by atoms with Crippen LogP contribution in [0.25, 0.3) is 22.4 Å². The topological polar surface area (TPSA) is 78.0 Å². The number of nitrogens with zero attached hydrogens (tertiary/aromatic N) is 1. The molecule has 3 aromatic carbocycles. The SMILES string of the molecule is CNc1ccc2nc(C(C(=O)c3ccccc3)=C(O)c3cc(F)cc(F)c3)[nH]c2c1. The van der Waals surface area contributed by atoms with Gasteiger partial charge in [0, 0.05) is 29.9 Å². The Morgan fingerprint density at radius 3 is 2.33 bits per heavy atom. The maximum absolute atomic E-state index is 13.7. The molecule has 4 aromatic rings. The minimum Gasteiger partial charge on any atom is -0.506 e. The number of carbonyl (C=O) groups excluding carboxylic acids is 1. The fourth-order valence-electron chi connectivity index (χ4n) is 3.18. The molecule has 0 saturated heterocycles. The number of nitrogens with one attached hydrogen (secondary N) is 2. The van der Waals surface area contributed by atoms with Gasteiger partial charge in [-0.25, -0.2) is 13.8 Å². The van der Waals surface area contributed by atoms with Crippen LogP contribution >= 0.6 is 0 Å². The summed E-state index contributed by atoms with van der Waals surface area (Å²) in [5.74, 6) is -2.76. The second-order valence-electron chi connectivity index (χ2n) is 6.64. The molecular weight excluding hydrogens is 388 g/mol. The number of Topliss-reactive ketones (excluding diaryl/α,β-unsaturated/α-hetero) is 1. The Hall–Kier alpha value is -4.00. The summed E-state index contributed by atoms with van der Waals surface area (Å²) >= 11 is 0. The van der Waals surface area contributed by atoms with Gasteiger partial charge in [-0.2, -0.15) is 0 Å². The van der Waals surface area contributed by atoms with Gasteiger partial charge in [0.1, 0.15) is 28.8 Å². The van der Waals surface area contributed by atoms with Crippen LogP contribution in [0, 0.1) is 11.6 Å². The Labute approximate surface area is 170 Å². The van der Waals surface area contributed by atoms with E-state index in [1.165, 1.54) is 0 Å². The highest BCUT2D eigenvalue weighted by molar-refractivity contribution is 6.33. The Bertz CT molecular complexity index is 1260. The van der Waals surface area contributed by atoms with Crippen molar-refractivity contribution >= 4 is 33.8 Å². The predicted octanol–water partition coefficient (Wildman–Crippen LogP) is 5.19. The zero-order valence-electron chi connectivity index (χ0n) is 15.9. The highest BCUT2D eigenvalue weighted by Crippen LogP contribution is 2.29. The fraction of sp³-hybridized carbons (Fsp3) is 0.0435. The first-order valence-corrected chi connectivity index (χ1v) is 9.13.